The number of hydrogen-bond acceptors (Lipinski definition) is 4. The van der Waals surface area contributed by atoms with E-state index in [9.17, 15) is 14.2 Å². The Morgan fingerprint density at radius 3 is 1.38 bits per heavy atom. The molecule has 0 aliphatic rings. The van der Waals surface area contributed by atoms with Gasteiger partial charge in [0, 0.05) is 35.7 Å². The summed E-state index contributed by atoms with van der Waals surface area (Å²) < 4.78 is 14.8. The molecular formula is C29H34NO3P. The zero-order valence-corrected chi connectivity index (χ0v) is 22.3. The van der Waals surface area contributed by atoms with Gasteiger partial charge in [-0.05, 0) is 95.0 Å². The fourth-order valence-electron chi connectivity index (χ4n) is 4.78. The van der Waals surface area contributed by atoms with Crippen molar-refractivity contribution in [1.82, 2.24) is 0 Å². The largest absolute Gasteiger partial charge is 0.375 e. The van der Waals surface area contributed by atoms with E-state index in [-0.39, 0.29) is 5.30 Å². The second-order valence-corrected chi connectivity index (χ2v) is 11.8. The summed E-state index contributed by atoms with van der Waals surface area (Å²) in [6, 6.07) is 14.6. The monoisotopic (exact) mass is 475 g/mol. The smallest absolute Gasteiger partial charge is 0.248 e. The molecule has 3 rings (SSSR count). The molecule has 0 radical (unpaired) electrons. The zero-order valence-electron chi connectivity index (χ0n) is 21.4. The van der Waals surface area contributed by atoms with Crippen LogP contribution in [0.25, 0.3) is 0 Å². The highest BCUT2D eigenvalue weighted by atomic mass is 31.2. The fraction of sp³-hybridized carbons (Fsp3) is 0.310. The first-order valence-corrected chi connectivity index (χ1v) is 13.3. The van der Waals surface area contributed by atoms with Crippen LogP contribution < -0.4 is 10.2 Å². The zero-order chi connectivity index (χ0) is 25.4. The minimum absolute atomic E-state index is 0.273. The maximum absolute atomic E-state index is 14.8. The Labute approximate surface area is 203 Å². The Morgan fingerprint density at radius 1 is 0.706 bits per heavy atom. The fourth-order valence-corrected chi connectivity index (χ4v) is 7.33. The predicted molar refractivity (Wildman–Crippen MR) is 143 cm³/mol. The van der Waals surface area contributed by atoms with Crippen molar-refractivity contribution in [2.24, 2.45) is 0 Å². The highest BCUT2D eigenvalue weighted by molar-refractivity contribution is 8.01. The SMILES string of the molecule is CCN(C)c1ccc(P(=O)(C(=O)c2c(C)cc(C)cc2C)C(=O)c2c(C)cc(C)cc2C)cc1. The molecule has 0 aliphatic heterocycles. The standard InChI is InChI=1S/C29H34NO3P/c1-9-30(8)24-10-12-25(13-11-24)34(33,28(31)26-20(4)14-18(2)15-21(26)5)29(32)27-22(6)16-19(3)17-23(27)7/h10-17H,9H2,1-8H3. The molecule has 0 unspecified atom stereocenters. The van der Waals surface area contributed by atoms with Crippen molar-refractivity contribution in [3.63, 3.8) is 0 Å². The molecule has 0 amide bonds. The molecule has 0 spiro atoms. The summed E-state index contributed by atoms with van der Waals surface area (Å²) in [7, 11) is -2.23. The van der Waals surface area contributed by atoms with E-state index in [1.807, 2.05) is 96.8 Å². The van der Waals surface area contributed by atoms with Gasteiger partial charge in [0.15, 0.2) is 0 Å². The molecule has 0 fully saturated rings. The molecule has 0 bridgehead atoms. The van der Waals surface area contributed by atoms with Crippen molar-refractivity contribution in [1.29, 1.82) is 0 Å². The lowest BCUT2D eigenvalue weighted by Crippen LogP contribution is -2.23. The summed E-state index contributed by atoms with van der Waals surface area (Å²) in [6.45, 7) is 14.1. The maximum Gasteiger partial charge on any atom is 0.248 e. The van der Waals surface area contributed by atoms with E-state index in [4.69, 9.17) is 0 Å². The first kappa shape index (κ1) is 25.6. The Hall–Kier alpha value is -2.97. The van der Waals surface area contributed by atoms with Gasteiger partial charge in [-0.1, -0.05) is 35.4 Å². The molecule has 3 aromatic rings. The van der Waals surface area contributed by atoms with Crippen molar-refractivity contribution in [3.05, 3.63) is 93.0 Å². The van der Waals surface area contributed by atoms with Gasteiger partial charge in [-0.3, -0.25) is 9.59 Å². The van der Waals surface area contributed by atoms with Crippen LogP contribution in [0.2, 0.25) is 0 Å². The van der Waals surface area contributed by atoms with Crippen LogP contribution in [0.4, 0.5) is 5.69 Å². The molecule has 0 saturated carbocycles. The molecule has 0 aliphatic carbocycles. The van der Waals surface area contributed by atoms with E-state index in [0.29, 0.717) is 11.1 Å². The van der Waals surface area contributed by atoms with Crippen LogP contribution in [-0.4, -0.2) is 24.6 Å². The quantitative estimate of drug-likeness (QED) is 0.359. The average molecular weight is 476 g/mol. The average Bonchev–Trinajstić information content (AvgIpc) is 2.76. The van der Waals surface area contributed by atoms with Crippen LogP contribution in [-0.2, 0) is 4.57 Å². The van der Waals surface area contributed by atoms with Crippen LogP contribution in [0.1, 0.15) is 61.0 Å². The lowest BCUT2D eigenvalue weighted by Gasteiger charge is -2.22. The van der Waals surface area contributed by atoms with Crippen LogP contribution in [0.3, 0.4) is 0 Å². The molecule has 34 heavy (non-hydrogen) atoms. The van der Waals surface area contributed by atoms with Crippen molar-refractivity contribution in [2.45, 2.75) is 48.5 Å². The highest BCUT2D eigenvalue weighted by Gasteiger charge is 2.44. The Bertz CT molecular complexity index is 1200. The third-order valence-electron chi connectivity index (χ3n) is 6.48. The van der Waals surface area contributed by atoms with E-state index >= 15 is 0 Å². The molecule has 0 saturated heterocycles. The van der Waals surface area contributed by atoms with Crippen molar-refractivity contribution in [3.8, 4) is 0 Å². The Morgan fingerprint density at radius 2 is 1.06 bits per heavy atom. The predicted octanol–water partition coefficient (Wildman–Crippen LogP) is 6.66. The van der Waals surface area contributed by atoms with Gasteiger partial charge in [-0.25, -0.2) is 0 Å². The summed E-state index contributed by atoms with van der Waals surface area (Å²) in [5, 5.41) is 0.273. The second kappa shape index (κ2) is 9.72. The van der Waals surface area contributed by atoms with Crippen molar-refractivity contribution < 1.29 is 14.2 Å². The summed E-state index contributed by atoms with van der Waals surface area (Å²) in [6.07, 6.45) is 0. The van der Waals surface area contributed by atoms with Gasteiger partial charge in [-0.2, -0.15) is 0 Å². The van der Waals surface area contributed by atoms with Gasteiger partial charge in [-0.15, -0.1) is 0 Å². The molecular weight excluding hydrogens is 441 g/mol. The molecule has 4 nitrogen and oxygen atoms in total. The van der Waals surface area contributed by atoms with E-state index < -0.39 is 18.2 Å². The molecule has 0 N–H and O–H groups in total. The number of anilines is 1. The lowest BCUT2D eigenvalue weighted by molar-refractivity contribution is 0.104. The second-order valence-electron chi connectivity index (χ2n) is 9.30. The topological polar surface area (TPSA) is 54.5 Å². The number of aryl methyl sites for hydroxylation is 6. The van der Waals surface area contributed by atoms with Gasteiger partial charge < -0.3 is 9.46 Å². The first-order valence-electron chi connectivity index (χ1n) is 11.6. The van der Waals surface area contributed by atoms with Gasteiger partial charge >= 0.3 is 0 Å². The number of hydrogen-bond donors (Lipinski definition) is 0. The third kappa shape index (κ3) is 4.52. The van der Waals surface area contributed by atoms with Crippen LogP contribution in [0.15, 0.2) is 48.5 Å². The molecule has 0 heterocycles. The summed E-state index contributed by atoms with van der Waals surface area (Å²) in [5.74, 6) is 0. The van der Waals surface area contributed by atoms with E-state index in [1.54, 1.807) is 12.1 Å². The highest BCUT2D eigenvalue weighted by Crippen LogP contribution is 2.53. The number of benzene rings is 3. The van der Waals surface area contributed by atoms with Gasteiger partial charge in [0.1, 0.15) is 0 Å². The van der Waals surface area contributed by atoms with Crippen LogP contribution in [0.5, 0.6) is 0 Å². The molecule has 0 atom stereocenters. The van der Waals surface area contributed by atoms with E-state index in [2.05, 4.69) is 0 Å². The van der Waals surface area contributed by atoms with E-state index in [0.717, 1.165) is 45.6 Å². The summed E-state index contributed by atoms with van der Waals surface area (Å²) in [4.78, 5) is 30.3. The molecule has 3 aromatic carbocycles. The number of carbonyl (C=O) groups is 2. The first-order chi connectivity index (χ1) is 15.9. The minimum atomic E-state index is -4.19. The van der Waals surface area contributed by atoms with Gasteiger partial charge in [0.25, 0.3) is 0 Å². The number of nitrogens with zero attached hydrogens (tertiary/aromatic N) is 1. The summed E-state index contributed by atoms with van der Waals surface area (Å²) in [5.41, 5.74) is 5.46. The van der Waals surface area contributed by atoms with Gasteiger partial charge in [0.05, 0.1) is 0 Å². The third-order valence-corrected chi connectivity index (χ3v) is 9.10. The Kier molecular flexibility index (Phi) is 7.33. The van der Waals surface area contributed by atoms with Crippen molar-refractivity contribution >= 4 is 29.2 Å². The molecule has 5 heteroatoms. The van der Waals surface area contributed by atoms with Crippen molar-refractivity contribution in [2.75, 3.05) is 18.5 Å². The summed E-state index contributed by atoms with van der Waals surface area (Å²) >= 11 is 0. The minimum Gasteiger partial charge on any atom is -0.375 e. The van der Waals surface area contributed by atoms with Gasteiger partial charge in [0.2, 0.25) is 18.2 Å². The maximum atomic E-state index is 14.8. The molecule has 0 aromatic heterocycles. The van der Waals surface area contributed by atoms with Crippen LogP contribution in [0, 0.1) is 41.5 Å². The number of carbonyl (C=O) groups excluding carboxylic acids is 2. The Balaban J connectivity index is 2.30. The number of rotatable bonds is 7. The normalized spacial score (nSPS) is 11.4. The lowest BCUT2D eigenvalue weighted by atomic mass is 10.0. The van der Waals surface area contributed by atoms with E-state index in [1.165, 1.54) is 0 Å². The molecule has 178 valence electrons. The van der Waals surface area contributed by atoms with Crippen LogP contribution >= 0.6 is 7.14 Å².